The largest absolute Gasteiger partial charge is 0.489 e. The normalized spacial score (nSPS) is 14.8. The summed E-state index contributed by atoms with van der Waals surface area (Å²) in [6.45, 7) is 5.92. The van der Waals surface area contributed by atoms with Crippen molar-refractivity contribution in [3.63, 3.8) is 0 Å². The highest BCUT2D eigenvalue weighted by atomic mass is 16.5. The highest BCUT2D eigenvalue weighted by Gasteiger charge is 2.14. The average Bonchev–Trinajstić information content (AvgIpc) is 3.59. The smallest absolute Gasteiger partial charge is 0.163 e. The molecule has 0 radical (unpaired) electrons. The van der Waals surface area contributed by atoms with E-state index in [1.807, 2.05) is 54.2 Å². The molecule has 1 atom stereocenters. The maximum atomic E-state index is 6.10. The number of ether oxygens (including phenoxy) is 2. The van der Waals surface area contributed by atoms with Crippen molar-refractivity contribution in [3.8, 4) is 28.1 Å². The molecule has 1 saturated heterocycles. The van der Waals surface area contributed by atoms with E-state index in [1.165, 1.54) is 5.69 Å². The molecule has 2 aromatic carbocycles. The Kier molecular flexibility index (Phi) is 6.00. The van der Waals surface area contributed by atoms with E-state index in [0.29, 0.717) is 6.54 Å². The Morgan fingerprint density at radius 3 is 2.69 bits per heavy atom. The standard InChI is InChI=1S/C26H26N8O2/c1-19(17-33-18-27-30-31-33)36-23-4-2-3-21(15-23)25-9-10-34-26(29-25)24(16-28-34)20-5-7-22(8-6-20)32-11-13-35-14-12-32/h2-10,15-16,18-19H,11-14,17H2,1H3/t19-/m0/s1. The maximum Gasteiger partial charge on any atom is 0.163 e. The number of tetrazole rings is 1. The fraction of sp³-hybridized carbons (Fsp3) is 0.269. The fourth-order valence-electron chi connectivity index (χ4n) is 4.43. The number of rotatable bonds is 7. The van der Waals surface area contributed by atoms with Gasteiger partial charge in [0.2, 0.25) is 0 Å². The van der Waals surface area contributed by atoms with Crippen molar-refractivity contribution < 1.29 is 9.47 Å². The third-order valence-corrected chi connectivity index (χ3v) is 6.23. The van der Waals surface area contributed by atoms with Crippen molar-refractivity contribution in [3.05, 3.63) is 73.3 Å². The first-order valence-electron chi connectivity index (χ1n) is 12.0. The van der Waals surface area contributed by atoms with Gasteiger partial charge in [0, 0.05) is 36.1 Å². The van der Waals surface area contributed by atoms with Crippen LogP contribution in [0.2, 0.25) is 0 Å². The molecule has 1 aliphatic rings. The van der Waals surface area contributed by atoms with Gasteiger partial charge in [0.1, 0.15) is 18.2 Å². The summed E-state index contributed by atoms with van der Waals surface area (Å²) in [7, 11) is 0. The number of morpholine rings is 1. The van der Waals surface area contributed by atoms with E-state index in [-0.39, 0.29) is 6.10 Å². The number of nitrogens with zero attached hydrogens (tertiary/aromatic N) is 8. The molecule has 5 aromatic rings. The second-order valence-electron chi connectivity index (χ2n) is 8.77. The van der Waals surface area contributed by atoms with Crippen molar-refractivity contribution in [2.24, 2.45) is 0 Å². The second kappa shape index (κ2) is 9.74. The minimum atomic E-state index is -0.0962. The van der Waals surface area contributed by atoms with E-state index in [0.717, 1.165) is 60.1 Å². The van der Waals surface area contributed by atoms with Gasteiger partial charge < -0.3 is 14.4 Å². The fourth-order valence-corrected chi connectivity index (χ4v) is 4.43. The Morgan fingerprint density at radius 2 is 1.89 bits per heavy atom. The zero-order chi connectivity index (χ0) is 24.3. The molecule has 36 heavy (non-hydrogen) atoms. The molecule has 0 N–H and O–H groups in total. The van der Waals surface area contributed by atoms with Crippen LogP contribution in [0.1, 0.15) is 6.92 Å². The van der Waals surface area contributed by atoms with Gasteiger partial charge in [-0.1, -0.05) is 24.3 Å². The Balaban J connectivity index is 1.24. The van der Waals surface area contributed by atoms with E-state index in [2.05, 4.69) is 49.8 Å². The molecule has 10 nitrogen and oxygen atoms in total. The summed E-state index contributed by atoms with van der Waals surface area (Å²) in [5, 5.41) is 15.7. The van der Waals surface area contributed by atoms with Crippen LogP contribution in [-0.2, 0) is 11.3 Å². The molecule has 0 saturated carbocycles. The Hall–Kier alpha value is -4.31. The van der Waals surface area contributed by atoms with Crippen molar-refractivity contribution >= 4 is 11.3 Å². The first kappa shape index (κ1) is 22.2. The van der Waals surface area contributed by atoms with Gasteiger partial charge in [-0.25, -0.2) is 14.2 Å². The van der Waals surface area contributed by atoms with Crippen LogP contribution in [0.5, 0.6) is 5.75 Å². The van der Waals surface area contributed by atoms with Gasteiger partial charge in [-0.15, -0.1) is 5.10 Å². The Bertz CT molecular complexity index is 1440. The highest BCUT2D eigenvalue weighted by Crippen LogP contribution is 2.29. The number of hydrogen-bond donors (Lipinski definition) is 0. The molecular formula is C26H26N8O2. The summed E-state index contributed by atoms with van der Waals surface area (Å²) in [4.78, 5) is 7.31. The van der Waals surface area contributed by atoms with Crippen molar-refractivity contribution in [1.82, 2.24) is 34.8 Å². The lowest BCUT2D eigenvalue weighted by atomic mass is 10.1. The van der Waals surface area contributed by atoms with Crippen molar-refractivity contribution in [2.45, 2.75) is 19.6 Å². The molecule has 0 unspecified atom stereocenters. The molecule has 1 aliphatic heterocycles. The summed E-state index contributed by atoms with van der Waals surface area (Å²) in [6, 6.07) is 18.5. The molecule has 0 spiro atoms. The predicted molar refractivity (Wildman–Crippen MR) is 135 cm³/mol. The number of benzene rings is 2. The van der Waals surface area contributed by atoms with Gasteiger partial charge in [0.15, 0.2) is 5.65 Å². The molecule has 10 heteroatoms. The summed E-state index contributed by atoms with van der Waals surface area (Å²) in [5.74, 6) is 0.766. The molecule has 0 amide bonds. The Labute approximate surface area is 208 Å². The van der Waals surface area contributed by atoms with Crippen LogP contribution in [0, 0.1) is 0 Å². The number of aromatic nitrogens is 7. The minimum Gasteiger partial charge on any atom is -0.489 e. The van der Waals surface area contributed by atoms with Crippen molar-refractivity contribution in [1.29, 1.82) is 0 Å². The van der Waals surface area contributed by atoms with Gasteiger partial charge in [-0.05, 0) is 53.2 Å². The molecule has 3 aromatic heterocycles. The lowest BCUT2D eigenvalue weighted by molar-refractivity contribution is 0.122. The summed E-state index contributed by atoms with van der Waals surface area (Å²) in [5.41, 5.74) is 5.92. The molecule has 6 rings (SSSR count). The molecule has 0 aliphatic carbocycles. The first-order chi connectivity index (χ1) is 17.7. The molecule has 182 valence electrons. The lowest BCUT2D eigenvalue weighted by Crippen LogP contribution is -2.36. The highest BCUT2D eigenvalue weighted by molar-refractivity contribution is 5.79. The zero-order valence-electron chi connectivity index (χ0n) is 19.9. The van der Waals surface area contributed by atoms with Gasteiger partial charge in [0.05, 0.1) is 31.6 Å². The lowest BCUT2D eigenvalue weighted by Gasteiger charge is -2.28. The van der Waals surface area contributed by atoms with Gasteiger partial charge in [-0.2, -0.15) is 5.10 Å². The second-order valence-corrected chi connectivity index (χ2v) is 8.77. The van der Waals surface area contributed by atoms with Crippen LogP contribution in [-0.4, -0.2) is 67.2 Å². The SMILES string of the molecule is C[C@@H](Cn1cnnn1)Oc1cccc(-c2ccn3ncc(-c4ccc(N5CCOCC5)cc4)c3n2)c1. The van der Waals surface area contributed by atoms with Crippen LogP contribution >= 0.6 is 0 Å². The molecular weight excluding hydrogens is 456 g/mol. The van der Waals surface area contributed by atoms with Gasteiger partial charge in [0.25, 0.3) is 0 Å². The Morgan fingerprint density at radius 1 is 1.03 bits per heavy atom. The van der Waals surface area contributed by atoms with Gasteiger partial charge >= 0.3 is 0 Å². The van der Waals surface area contributed by atoms with Crippen LogP contribution in [0.15, 0.2) is 73.3 Å². The average molecular weight is 483 g/mol. The van der Waals surface area contributed by atoms with Crippen LogP contribution < -0.4 is 9.64 Å². The number of anilines is 1. The third kappa shape index (κ3) is 4.63. The van der Waals surface area contributed by atoms with Crippen molar-refractivity contribution in [2.75, 3.05) is 31.2 Å². The summed E-state index contributed by atoms with van der Waals surface area (Å²) in [6.07, 6.45) is 5.29. The molecule has 0 bridgehead atoms. The monoisotopic (exact) mass is 482 g/mol. The summed E-state index contributed by atoms with van der Waals surface area (Å²) >= 11 is 0. The topological polar surface area (TPSA) is 95.5 Å². The summed E-state index contributed by atoms with van der Waals surface area (Å²) < 4.78 is 15.0. The zero-order valence-corrected chi connectivity index (χ0v) is 19.9. The van der Waals surface area contributed by atoms with Crippen LogP contribution in [0.3, 0.4) is 0 Å². The number of hydrogen-bond acceptors (Lipinski definition) is 8. The predicted octanol–water partition coefficient (Wildman–Crippen LogP) is 3.35. The van der Waals surface area contributed by atoms with E-state index >= 15 is 0 Å². The van der Waals surface area contributed by atoms with Crippen LogP contribution in [0.4, 0.5) is 5.69 Å². The third-order valence-electron chi connectivity index (χ3n) is 6.23. The number of fused-ring (bicyclic) bond motifs is 1. The molecule has 1 fully saturated rings. The molecule has 4 heterocycles. The van der Waals surface area contributed by atoms with E-state index in [4.69, 9.17) is 14.5 Å². The first-order valence-corrected chi connectivity index (χ1v) is 12.0. The van der Waals surface area contributed by atoms with Crippen LogP contribution in [0.25, 0.3) is 28.0 Å². The van der Waals surface area contributed by atoms with E-state index in [1.54, 1.807) is 11.0 Å². The van der Waals surface area contributed by atoms with E-state index in [9.17, 15) is 0 Å². The minimum absolute atomic E-state index is 0.0962. The van der Waals surface area contributed by atoms with Gasteiger partial charge in [-0.3, -0.25) is 0 Å². The quantitative estimate of drug-likeness (QED) is 0.349. The maximum absolute atomic E-state index is 6.10. The van der Waals surface area contributed by atoms with E-state index < -0.39 is 0 Å².